The molecule has 0 radical (unpaired) electrons. The summed E-state index contributed by atoms with van der Waals surface area (Å²) >= 11 is 0. The van der Waals surface area contributed by atoms with Gasteiger partial charge in [-0.2, -0.15) is 5.26 Å². The number of likely N-dealkylation sites (tertiary alicyclic amines) is 1. The van der Waals surface area contributed by atoms with Gasteiger partial charge in [-0.1, -0.05) is 12.1 Å². The lowest BCUT2D eigenvalue weighted by molar-refractivity contribution is -0.152. The Morgan fingerprint density at radius 3 is 2.43 bits per heavy atom. The zero-order valence-corrected chi connectivity index (χ0v) is 16.1. The van der Waals surface area contributed by atoms with Gasteiger partial charge >= 0.3 is 5.97 Å². The number of rotatable bonds is 5. The highest BCUT2D eigenvalue weighted by molar-refractivity contribution is 5.95. The molecule has 0 aliphatic carbocycles. The van der Waals surface area contributed by atoms with Crippen molar-refractivity contribution in [1.82, 2.24) is 4.90 Å². The van der Waals surface area contributed by atoms with Crippen LogP contribution in [0.25, 0.3) is 0 Å². The maximum absolute atomic E-state index is 13.0. The summed E-state index contributed by atoms with van der Waals surface area (Å²) in [6, 6.07) is 13.8. The Morgan fingerprint density at radius 2 is 1.77 bits per heavy atom. The van der Waals surface area contributed by atoms with E-state index in [1.54, 1.807) is 29.2 Å². The van der Waals surface area contributed by atoms with Crippen molar-refractivity contribution >= 4 is 23.5 Å². The Hall–Kier alpha value is -3.73. The van der Waals surface area contributed by atoms with Gasteiger partial charge in [0.15, 0.2) is 6.61 Å². The first-order valence-corrected chi connectivity index (χ1v) is 9.48. The van der Waals surface area contributed by atoms with Gasteiger partial charge in [0, 0.05) is 18.7 Å². The molecule has 1 aliphatic heterocycles. The minimum absolute atomic E-state index is 0.211. The summed E-state index contributed by atoms with van der Waals surface area (Å²) < 4.78 is 18.1. The zero-order chi connectivity index (χ0) is 21.5. The van der Waals surface area contributed by atoms with E-state index in [1.165, 1.54) is 24.3 Å². The van der Waals surface area contributed by atoms with Crippen LogP contribution in [0.5, 0.6) is 0 Å². The van der Waals surface area contributed by atoms with Gasteiger partial charge in [0.05, 0.1) is 17.2 Å². The molecule has 0 bridgehead atoms. The minimum Gasteiger partial charge on any atom is -0.455 e. The monoisotopic (exact) mass is 409 g/mol. The molecule has 1 aliphatic rings. The number of hydrogen-bond acceptors (Lipinski definition) is 5. The molecule has 8 heteroatoms. The number of para-hydroxylation sites is 1. The van der Waals surface area contributed by atoms with Crippen molar-refractivity contribution in [1.29, 1.82) is 5.26 Å². The molecular weight excluding hydrogens is 389 g/mol. The number of anilines is 1. The summed E-state index contributed by atoms with van der Waals surface area (Å²) in [6.07, 6.45) is 0.843. The minimum atomic E-state index is -0.532. The van der Waals surface area contributed by atoms with Crippen molar-refractivity contribution in [2.24, 2.45) is 5.92 Å². The predicted octanol–water partition coefficient (Wildman–Crippen LogP) is 2.73. The van der Waals surface area contributed by atoms with Gasteiger partial charge in [0.1, 0.15) is 11.9 Å². The lowest BCUT2D eigenvalue weighted by atomic mass is 9.96. The molecule has 3 rings (SSSR count). The van der Waals surface area contributed by atoms with Crippen LogP contribution < -0.4 is 5.32 Å². The molecule has 1 saturated heterocycles. The van der Waals surface area contributed by atoms with E-state index < -0.39 is 30.2 Å². The second-order valence-electron chi connectivity index (χ2n) is 6.89. The topological polar surface area (TPSA) is 99.5 Å². The molecule has 0 spiro atoms. The second kappa shape index (κ2) is 9.65. The summed E-state index contributed by atoms with van der Waals surface area (Å²) in [7, 11) is 0. The Labute approximate surface area is 173 Å². The number of nitrogens with zero attached hydrogens (tertiary/aromatic N) is 2. The smallest absolute Gasteiger partial charge is 0.309 e. The number of esters is 1. The van der Waals surface area contributed by atoms with E-state index in [-0.39, 0.29) is 5.91 Å². The lowest BCUT2D eigenvalue weighted by Gasteiger charge is -2.31. The average Bonchev–Trinajstić information content (AvgIpc) is 2.78. The van der Waals surface area contributed by atoms with Crippen molar-refractivity contribution in [3.8, 4) is 6.07 Å². The first kappa shape index (κ1) is 21.0. The van der Waals surface area contributed by atoms with E-state index in [0.717, 1.165) is 0 Å². The molecular formula is C22H20FN3O4. The summed E-state index contributed by atoms with van der Waals surface area (Å²) in [4.78, 5) is 38.3. The van der Waals surface area contributed by atoms with Gasteiger partial charge in [-0.3, -0.25) is 14.4 Å². The number of carbonyl (C=O) groups excluding carboxylic acids is 3. The van der Waals surface area contributed by atoms with Crippen molar-refractivity contribution in [3.05, 3.63) is 65.5 Å². The normalized spacial score (nSPS) is 13.9. The molecule has 2 amide bonds. The predicted molar refractivity (Wildman–Crippen MR) is 106 cm³/mol. The zero-order valence-electron chi connectivity index (χ0n) is 16.1. The number of carbonyl (C=O) groups is 3. The number of ether oxygens (including phenoxy) is 1. The SMILES string of the molecule is N#Cc1ccccc1NC(=O)COC(=O)C1CCN(C(=O)c2ccc(F)cc2)CC1. The fourth-order valence-electron chi connectivity index (χ4n) is 3.22. The highest BCUT2D eigenvalue weighted by atomic mass is 19.1. The van der Waals surface area contributed by atoms with E-state index in [9.17, 15) is 18.8 Å². The molecule has 7 nitrogen and oxygen atoms in total. The van der Waals surface area contributed by atoms with Gasteiger partial charge in [-0.15, -0.1) is 0 Å². The largest absolute Gasteiger partial charge is 0.455 e. The molecule has 154 valence electrons. The molecule has 30 heavy (non-hydrogen) atoms. The quantitative estimate of drug-likeness (QED) is 0.766. The van der Waals surface area contributed by atoms with Gasteiger partial charge in [0.25, 0.3) is 11.8 Å². The summed E-state index contributed by atoms with van der Waals surface area (Å²) in [5, 5.41) is 11.6. The Kier molecular flexibility index (Phi) is 6.75. The van der Waals surface area contributed by atoms with Crippen LogP contribution in [0, 0.1) is 23.1 Å². The van der Waals surface area contributed by atoms with E-state index >= 15 is 0 Å². The number of piperidine rings is 1. The van der Waals surface area contributed by atoms with E-state index in [0.29, 0.717) is 42.7 Å². The van der Waals surface area contributed by atoms with Crippen LogP contribution in [0.4, 0.5) is 10.1 Å². The number of hydrogen-bond donors (Lipinski definition) is 1. The van der Waals surface area contributed by atoms with Gasteiger partial charge in [-0.05, 0) is 49.2 Å². The molecule has 1 heterocycles. The van der Waals surface area contributed by atoms with Crippen molar-refractivity contribution in [2.75, 3.05) is 25.0 Å². The number of amides is 2. The number of nitriles is 1. The fraction of sp³-hybridized carbons (Fsp3) is 0.273. The second-order valence-corrected chi connectivity index (χ2v) is 6.89. The third kappa shape index (κ3) is 5.20. The maximum atomic E-state index is 13.0. The number of nitrogens with one attached hydrogen (secondary N) is 1. The Balaban J connectivity index is 1.45. The van der Waals surface area contributed by atoms with Crippen molar-refractivity contribution in [3.63, 3.8) is 0 Å². The van der Waals surface area contributed by atoms with Crippen LogP contribution >= 0.6 is 0 Å². The van der Waals surface area contributed by atoms with Crippen molar-refractivity contribution in [2.45, 2.75) is 12.8 Å². The lowest BCUT2D eigenvalue weighted by Crippen LogP contribution is -2.41. The Bertz CT molecular complexity index is 977. The molecule has 0 atom stereocenters. The van der Waals surface area contributed by atoms with Crippen LogP contribution in [0.2, 0.25) is 0 Å². The number of benzene rings is 2. The summed E-state index contributed by atoms with van der Waals surface area (Å²) in [6.45, 7) is 0.294. The Morgan fingerprint density at radius 1 is 1.10 bits per heavy atom. The number of halogens is 1. The van der Waals surface area contributed by atoms with E-state index in [2.05, 4.69) is 5.32 Å². The first-order valence-electron chi connectivity index (χ1n) is 9.48. The first-order chi connectivity index (χ1) is 14.5. The van der Waals surface area contributed by atoms with Crippen LogP contribution in [0.15, 0.2) is 48.5 Å². The third-order valence-electron chi connectivity index (χ3n) is 4.87. The van der Waals surface area contributed by atoms with Gasteiger partial charge in [-0.25, -0.2) is 4.39 Å². The van der Waals surface area contributed by atoms with Crippen LogP contribution in [0.1, 0.15) is 28.8 Å². The van der Waals surface area contributed by atoms with E-state index in [4.69, 9.17) is 10.00 Å². The molecule has 0 saturated carbocycles. The van der Waals surface area contributed by atoms with Crippen LogP contribution in [-0.4, -0.2) is 42.4 Å². The third-order valence-corrected chi connectivity index (χ3v) is 4.87. The summed E-state index contributed by atoms with van der Waals surface area (Å²) in [5.41, 5.74) is 1.07. The molecule has 0 aromatic heterocycles. The fourth-order valence-corrected chi connectivity index (χ4v) is 3.22. The summed E-state index contributed by atoms with van der Waals surface area (Å²) in [5.74, 6) is -2.05. The maximum Gasteiger partial charge on any atom is 0.309 e. The van der Waals surface area contributed by atoms with Crippen molar-refractivity contribution < 1.29 is 23.5 Å². The van der Waals surface area contributed by atoms with Gasteiger partial charge in [0.2, 0.25) is 0 Å². The molecule has 2 aromatic carbocycles. The highest BCUT2D eigenvalue weighted by Crippen LogP contribution is 2.21. The average molecular weight is 409 g/mol. The van der Waals surface area contributed by atoms with Crippen LogP contribution in [-0.2, 0) is 14.3 Å². The van der Waals surface area contributed by atoms with Gasteiger partial charge < -0.3 is 15.0 Å². The standard InChI is InChI=1S/C22H20FN3O4/c23-18-7-5-15(6-8-18)21(28)26-11-9-16(10-12-26)22(29)30-14-20(27)25-19-4-2-1-3-17(19)13-24/h1-8,16H,9-12,14H2,(H,25,27). The highest BCUT2D eigenvalue weighted by Gasteiger charge is 2.29. The molecule has 1 N–H and O–H groups in total. The molecule has 0 unspecified atom stereocenters. The van der Waals surface area contributed by atoms with E-state index in [1.807, 2.05) is 6.07 Å². The molecule has 1 fully saturated rings. The van der Waals surface area contributed by atoms with Crippen LogP contribution in [0.3, 0.4) is 0 Å². The molecule has 2 aromatic rings.